The Hall–Kier alpha value is -1.77. The zero-order valence-electron chi connectivity index (χ0n) is 9.01. The molecule has 0 aliphatic carbocycles. The van der Waals surface area contributed by atoms with Crippen LogP contribution in [0.5, 0.6) is 0 Å². The van der Waals surface area contributed by atoms with Gasteiger partial charge in [0.05, 0.1) is 0 Å². The Kier molecular flexibility index (Phi) is 2.03. The summed E-state index contributed by atoms with van der Waals surface area (Å²) in [5.41, 5.74) is 4.70. The summed E-state index contributed by atoms with van der Waals surface area (Å²) in [6.07, 6.45) is 0. The van der Waals surface area contributed by atoms with Gasteiger partial charge < -0.3 is 10.1 Å². The maximum atomic E-state index is 10.8. The fourth-order valence-electron chi connectivity index (χ4n) is 1.83. The third-order valence-electron chi connectivity index (χ3n) is 2.98. The first-order valence-electron chi connectivity index (χ1n) is 4.83. The van der Waals surface area contributed by atoms with Gasteiger partial charge in [0.15, 0.2) is 0 Å². The molecular formula is C12H13NO2. The fourth-order valence-corrected chi connectivity index (χ4v) is 1.83. The minimum atomic E-state index is -0.916. The first-order valence-corrected chi connectivity index (χ1v) is 4.83. The van der Waals surface area contributed by atoms with Crippen LogP contribution in [0.1, 0.15) is 27.2 Å². The van der Waals surface area contributed by atoms with Crippen LogP contribution < -0.4 is 0 Å². The highest BCUT2D eigenvalue weighted by Gasteiger charge is 2.11. The molecule has 0 bridgehead atoms. The van der Waals surface area contributed by atoms with Gasteiger partial charge >= 0.3 is 5.97 Å². The Morgan fingerprint density at radius 2 is 1.87 bits per heavy atom. The van der Waals surface area contributed by atoms with Gasteiger partial charge in [0.25, 0.3) is 0 Å². The number of aromatic amines is 1. The lowest BCUT2D eigenvalue weighted by Crippen LogP contribution is -1.95. The number of aromatic carboxylic acids is 1. The molecule has 0 amide bonds. The molecule has 3 nitrogen and oxygen atoms in total. The van der Waals surface area contributed by atoms with Crippen molar-refractivity contribution >= 4 is 16.9 Å². The molecule has 3 heteroatoms. The number of H-pyrrole nitrogens is 1. The number of hydrogen-bond acceptors (Lipinski definition) is 1. The molecule has 0 atom stereocenters. The van der Waals surface area contributed by atoms with Crippen LogP contribution in [0.3, 0.4) is 0 Å². The number of rotatable bonds is 1. The molecule has 0 unspecified atom stereocenters. The summed E-state index contributed by atoms with van der Waals surface area (Å²) in [6, 6.07) is 3.69. The zero-order valence-corrected chi connectivity index (χ0v) is 9.01. The lowest BCUT2D eigenvalue weighted by molar-refractivity contribution is 0.0691. The lowest BCUT2D eigenvalue weighted by Gasteiger charge is -2.05. The van der Waals surface area contributed by atoms with E-state index in [-0.39, 0.29) is 5.69 Å². The largest absolute Gasteiger partial charge is 0.477 e. The van der Waals surface area contributed by atoms with E-state index >= 15 is 0 Å². The lowest BCUT2D eigenvalue weighted by atomic mass is 10.0. The van der Waals surface area contributed by atoms with Gasteiger partial charge in [-0.05, 0) is 49.6 Å². The van der Waals surface area contributed by atoms with E-state index in [0.29, 0.717) is 0 Å². The van der Waals surface area contributed by atoms with E-state index in [0.717, 1.165) is 16.5 Å². The summed E-state index contributed by atoms with van der Waals surface area (Å²) in [6.45, 7) is 6.09. The number of carbonyl (C=O) groups is 1. The normalized spacial score (nSPS) is 10.9. The van der Waals surface area contributed by atoms with E-state index in [1.54, 1.807) is 6.07 Å². The smallest absolute Gasteiger partial charge is 0.352 e. The number of fused-ring (bicyclic) bond motifs is 1. The molecule has 0 radical (unpaired) electrons. The summed E-state index contributed by atoms with van der Waals surface area (Å²) >= 11 is 0. The number of hydrogen-bond donors (Lipinski definition) is 2. The summed E-state index contributed by atoms with van der Waals surface area (Å²) in [5.74, 6) is -0.916. The molecule has 0 aliphatic rings. The van der Waals surface area contributed by atoms with E-state index in [4.69, 9.17) is 5.11 Å². The third kappa shape index (κ3) is 1.40. The van der Waals surface area contributed by atoms with Crippen molar-refractivity contribution < 1.29 is 9.90 Å². The van der Waals surface area contributed by atoms with Crippen LogP contribution in [-0.2, 0) is 0 Å². The second kappa shape index (κ2) is 3.12. The maximum absolute atomic E-state index is 10.8. The maximum Gasteiger partial charge on any atom is 0.352 e. The van der Waals surface area contributed by atoms with Gasteiger partial charge in [-0.2, -0.15) is 0 Å². The van der Waals surface area contributed by atoms with Crippen molar-refractivity contribution in [3.05, 3.63) is 34.5 Å². The quantitative estimate of drug-likeness (QED) is 0.748. The molecular weight excluding hydrogens is 190 g/mol. The highest BCUT2D eigenvalue weighted by Crippen LogP contribution is 2.24. The minimum absolute atomic E-state index is 0.248. The number of carboxylic acids is 1. The number of benzene rings is 1. The molecule has 2 N–H and O–H groups in total. The van der Waals surface area contributed by atoms with Gasteiger partial charge in [-0.3, -0.25) is 0 Å². The van der Waals surface area contributed by atoms with Crippen molar-refractivity contribution in [3.8, 4) is 0 Å². The Morgan fingerprint density at radius 1 is 1.20 bits per heavy atom. The van der Waals surface area contributed by atoms with Gasteiger partial charge in [0.1, 0.15) is 5.69 Å². The molecule has 0 aliphatic heterocycles. The van der Waals surface area contributed by atoms with E-state index < -0.39 is 5.97 Å². The van der Waals surface area contributed by atoms with Gasteiger partial charge in [0, 0.05) is 10.9 Å². The Labute approximate surface area is 87.7 Å². The molecule has 2 rings (SSSR count). The molecule has 0 saturated carbocycles. The number of nitrogens with one attached hydrogen (secondary N) is 1. The van der Waals surface area contributed by atoms with E-state index in [2.05, 4.69) is 4.98 Å². The standard InChI is InChI=1S/C12H13NO2/c1-6-4-9-5-10(12(14)15)13-11(9)8(3)7(6)2/h4-5,13H,1-3H3,(H,14,15). The summed E-state index contributed by atoms with van der Waals surface area (Å²) in [7, 11) is 0. The van der Waals surface area contributed by atoms with Crippen molar-refractivity contribution in [2.24, 2.45) is 0 Å². The van der Waals surface area contributed by atoms with Crippen molar-refractivity contribution in [2.75, 3.05) is 0 Å². The number of carboxylic acid groups (broad SMARTS) is 1. The van der Waals surface area contributed by atoms with Crippen LogP contribution in [0, 0.1) is 20.8 Å². The van der Waals surface area contributed by atoms with Gasteiger partial charge in [-0.1, -0.05) is 0 Å². The molecule has 78 valence electrons. The molecule has 0 saturated heterocycles. The Balaban J connectivity index is 2.82. The Bertz CT molecular complexity index is 552. The summed E-state index contributed by atoms with van der Waals surface area (Å²) in [4.78, 5) is 13.8. The molecule has 2 aromatic rings. The van der Waals surface area contributed by atoms with E-state index in [9.17, 15) is 4.79 Å². The summed E-state index contributed by atoms with van der Waals surface area (Å²) in [5, 5.41) is 9.85. The van der Waals surface area contributed by atoms with E-state index in [1.165, 1.54) is 11.1 Å². The van der Waals surface area contributed by atoms with Crippen LogP contribution in [0.4, 0.5) is 0 Å². The van der Waals surface area contributed by atoms with Gasteiger partial charge in [0.2, 0.25) is 0 Å². The monoisotopic (exact) mass is 203 g/mol. The second-order valence-electron chi connectivity index (χ2n) is 3.90. The van der Waals surface area contributed by atoms with E-state index in [1.807, 2.05) is 26.8 Å². The highest BCUT2D eigenvalue weighted by molar-refractivity contribution is 5.95. The topological polar surface area (TPSA) is 53.1 Å². The predicted octanol–water partition coefficient (Wildman–Crippen LogP) is 2.79. The average Bonchev–Trinajstić information content (AvgIpc) is 2.58. The number of aryl methyl sites for hydroxylation is 2. The molecule has 0 spiro atoms. The highest BCUT2D eigenvalue weighted by atomic mass is 16.4. The van der Waals surface area contributed by atoms with Crippen LogP contribution >= 0.6 is 0 Å². The molecule has 1 aromatic carbocycles. The van der Waals surface area contributed by atoms with Crippen molar-refractivity contribution in [2.45, 2.75) is 20.8 Å². The van der Waals surface area contributed by atoms with Crippen molar-refractivity contribution in [1.29, 1.82) is 0 Å². The summed E-state index contributed by atoms with van der Waals surface area (Å²) < 4.78 is 0. The van der Waals surface area contributed by atoms with Crippen LogP contribution in [-0.4, -0.2) is 16.1 Å². The van der Waals surface area contributed by atoms with Crippen LogP contribution in [0.2, 0.25) is 0 Å². The van der Waals surface area contributed by atoms with Gasteiger partial charge in [-0.25, -0.2) is 4.79 Å². The predicted molar refractivity (Wildman–Crippen MR) is 59.5 cm³/mol. The molecule has 1 heterocycles. The molecule has 1 aromatic heterocycles. The fraction of sp³-hybridized carbons (Fsp3) is 0.250. The van der Waals surface area contributed by atoms with Crippen molar-refractivity contribution in [1.82, 2.24) is 4.98 Å². The first kappa shape index (κ1) is 9.77. The van der Waals surface area contributed by atoms with Crippen LogP contribution in [0.15, 0.2) is 12.1 Å². The molecule has 0 fully saturated rings. The third-order valence-corrected chi connectivity index (χ3v) is 2.98. The number of aromatic nitrogens is 1. The van der Waals surface area contributed by atoms with Gasteiger partial charge in [-0.15, -0.1) is 0 Å². The zero-order chi connectivity index (χ0) is 11.2. The SMILES string of the molecule is Cc1cc2cc(C(=O)O)[nH]c2c(C)c1C. The van der Waals surface area contributed by atoms with Crippen molar-refractivity contribution in [3.63, 3.8) is 0 Å². The average molecular weight is 203 g/mol. The minimum Gasteiger partial charge on any atom is -0.477 e. The first-order chi connectivity index (χ1) is 7.00. The second-order valence-corrected chi connectivity index (χ2v) is 3.90. The van der Waals surface area contributed by atoms with Crippen LogP contribution in [0.25, 0.3) is 10.9 Å². The molecule has 15 heavy (non-hydrogen) atoms. The Morgan fingerprint density at radius 3 is 2.47 bits per heavy atom.